The van der Waals surface area contributed by atoms with Crippen LogP contribution in [-0.4, -0.2) is 28.3 Å². The van der Waals surface area contributed by atoms with Crippen LogP contribution < -0.4 is 10.6 Å². The Morgan fingerprint density at radius 3 is 2.96 bits per heavy atom. The number of carbonyl (C=O) groups is 2. The van der Waals surface area contributed by atoms with Gasteiger partial charge in [-0.1, -0.05) is 30.3 Å². The van der Waals surface area contributed by atoms with E-state index >= 15 is 0 Å². The number of rotatable bonds is 5. The number of anilines is 1. The number of benzene rings is 1. The normalized spacial score (nSPS) is 20.4. The van der Waals surface area contributed by atoms with Gasteiger partial charge in [-0.3, -0.25) is 14.6 Å². The standard InChI is InChI=1S/C15H17ClFN3O2S/c1-3-8(2)18-15-20-14(22)12(23-15)7-13(21)19-9-4-5-11(17)10(16)6-9/h4-6,8,12H,3,7H2,1-2H3,(H,19,21)(H,18,20,22). The fraction of sp³-hybridized carbons (Fsp3) is 0.400. The van der Waals surface area contributed by atoms with E-state index in [0.717, 1.165) is 6.42 Å². The lowest BCUT2D eigenvalue weighted by Crippen LogP contribution is -2.28. The number of amidine groups is 1. The number of carbonyl (C=O) groups excluding carboxylic acids is 2. The third-order valence-electron chi connectivity index (χ3n) is 3.28. The second-order valence-corrected chi connectivity index (χ2v) is 6.77. The molecule has 124 valence electrons. The second-order valence-electron chi connectivity index (χ2n) is 5.17. The van der Waals surface area contributed by atoms with Crippen LogP contribution in [0, 0.1) is 5.82 Å². The van der Waals surface area contributed by atoms with E-state index in [0.29, 0.717) is 10.9 Å². The van der Waals surface area contributed by atoms with Crippen molar-refractivity contribution >= 4 is 46.0 Å². The number of nitrogens with zero attached hydrogens (tertiary/aromatic N) is 1. The summed E-state index contributed by atoms with van der Waals surface area (Å²) in [5.74, 6) is -1.13. The molecule has 1 heterocycles. The summed E-state index contributed by atoms with van der Waals surface area (Å²) in [4.78, 5) is 28.3. The second kappa shape index (κ2) is 7.79. The average Bonchev–Trinajstić information content (AvgIpc) is 2.82. The van der Waals surface area contributed by atoms with Crippen LogP contribution in [0.4, 0.5) is 10.1 Å². The molecule has 1 aliphatic heterocycles. The predicted octanol–water partition coefficient (Wildman–Crippen LogP) is 3.19. The van der Waals surface area contributed by atoms with Crippen molar-refractivity contribution < 1.29 is 14.0 Å². The molecule has 0 aromatic heterocycles. The van der Waals surface area contributed by atoms with Gasteiger partial charge in [0.2, 0.25) is 11.8 Å². The average molecular weight is 358 g/mol. The highest BCUT2D eigenvalue weighted by Crippen LogP contribution is 2.24. The maximum absolute atomic E-state index is 13.1. The van der Waals surface area contributed by atoms with E-state index < -0.39 is 11.1 Å². The summed E-state index contributed by atoms with van der Waals surface area (Å²) in [6.45, 7) is 3.97. The molecule has 1 fully saturated rings. The molecule has 0 aliphatic carbocycles. The molecule has 8 heteroatoms. The molecule has 2 N–H and O–H groups in total. The Kier molecular flexibility index (Phi) is 6.01. The number of aliphatic imine (C=N–C) groups is 1. The number of thioether (sulfide) groups is 1. The summed E-state index contributed by atoms with van der Waals surface area (Å²) in [7, 11) is 0. The van der Waals surface area contributed by atoms with Crippen molar-refractivity contribution in [3.8, 4) is 0 Å². The topological polar surface area (TPSA) is 70.6 Å². The van der Waals surface area contributed by atoms with Gasteiger partial charge >= 0.3 is 0 Å². The van der Waals surface area contributed by atoms with Gasteiger partial charge in [0.05, 0.1) is 5.02 Å². The highest BCUT2D eigenvalue weighted by molar-refractivity contribution is 8.15. The first-order valence-electron chi connectivity index (χ1n) is 7.19. The number of nitrogens with one attached hydrogen (secondary N) is 2. The summed E-state index contributed by atoms with van der Waals surface area (Å²) in [5, 5.41) is 5.24. The van der Waals surface area contributed by atoms with Crippen molar-refractivity contribution in [2.45, 2.75) is 38.0 Å². The van der Waals surface area contributed by atoms with Gasteiger partial charge in [0, 0.05) is 18.2 Å². The van der Waals surface area contributed by atoms with Crippen LogP contribution in [0.25, 0.3) is 0 Å². The van der Waals surface area contributed by atoms with Crippen LogP contribution in [0.3, 0.4) is 0 Å². The van der Waals surface area contributed by atoms with Crippen molar-refractivity contribution in [1.29, 1.82) is 0 Å². The fourth-order valence-electron chi connectivity index (χ4n) is 1.85. The molecule has 2 rings (SSSR count). The van der Waals surface area contributed by atoms with Crippen molar-refractivity contribution in [3.63, 3.8) is 0 Å². The Labute approximate surface area is 143 Å². The minimum Gasteiger partial charge on any atom is -0.326 e. The Balaban J connectivity index is 1.94. The maximum atomic E-state index is 13.1. The third-order valence-corrected chi connectivity index (χ3v) is 4.66. The third kappa shape index (κ3) is 4.94. The molecular formula is C15H17ClFN3O2S. The highest BCUT2D eigenvalue weighted by atomic mass is 35.5. The van der Waals surface area contributed by atoms with Gasteiger partial charge in [0.15, 0.2) is 5.17 Å². The lowest BCUT2D eigenvalue weighted by atomic mass is 10.2. The molecule has 2 unspecified atom stereocenters. The van der Waals surface area contributed by atoms with Crippen molar-refractivity contribution in [2.75, 3.05) is 5.32 Å². The molecule has 23 heavy (non-hydrogen) atoms. The number of amides is 2. The fourth-order valence-corrected chi connectivity index (χ4v) is 3.10. The smallest absolute Gasteiger partial charge is 0.240 e. The van der Waals surface area contributed by atoms with Gasteiger partial charge in [0.1, 0.15) is 11.1 Å². The van der Waals surface area contributed by atoms with Crippen molar-refractivity contribution in [1.82, 2.24) is 5.32 Å². The van der Waals surface area contributed by atoms with Crippen LogP contribution in [-0.2, 0) is 9.59 Å². The van der Waals surface area contributed by atoms with E-state index in [2.05, 4.69) is 15.6 Å². The monoisotopic (exact) mass is 357 g/mol. The lowest BCUT2D eigenvalue weighted by Gasteiger charge is -2.08. The van der Waals surface area contributed by atoms with E-state index in [4.69, 9.17) is 11.6 Å². The molecule has 2 atom stereocenters. The minimum absolute atomic E-state index is 0.00498. The highest BCUT2D eigenvalue weighted by Gasteiger charge is 2.32. The van der Waals surface area contributed by atoms with E-state index in [1.165, 1.54) is 30.0 Å². The van der Waals surface area contributed by atoms with Crippen LogP contribution in [0.15, 0.2) is 23.2 Å². The zero-order valence-corrected chi connectivity index (χ0v) is 14.3. The van der Waals surface area contributed by atoms with E-state index in [1.54, 1.807) is 0 Å². The Hall–Kier alpha value is -1.60. The number of hydrogen-bond acceptors (Lipinski definition) is 4. The van der Waals surface area contributed by atoms with E-state index in [1.807, 2.05) is 13.8 Å². The van der Waals surface area contributed by atoms with Gasteiger partial charge in [-0.05, 0) is 31.5 Å². The molecule has 1 aromatic carbocycles. The van der Waals surface area contributed by atoms with Crippen LogP contribution in [0.1, 0.15) is 26.7 Å². The van der Waals surface area contributed by atoms with Crippen molar-refractivity contribution in [3.05, 3.63) is 29.0 Å². The van der Waals surface area contributed by atoms with E-state index in [9.17, 15) is 14.0 Å². The first-order valence-corrected chi connectivity index (χ1v) is 8.45. The molecule has 2 amide bonds. The molecule has 1 aromatic rings. The SMILES string of the molecule is CCC(C)N=C1NC(=O)C(CC(=O)Nc2ccc(F)c(Cl)c2)S1. The zero-order valence-electron chi connectivity index (χ0n) is 12.7. The van der Waals surface area contributed by atoms with Gasteiger partial charge < -0.3 is 10.6 Å². The molecule has 0 spiro atoms. The molecule has 0 bridgehead atoms. The number of halogens is 2. The summed E-state index contributed by atoms with van der Waals surface area (Å²) in [6, 6.07) is 4.03. The molecule has 5 nitrogen and oxygen atoms in total. The summed E-state index contributed by atoms with van der Waals surface area (Å²) in [5.41, 5.74) is 0.387. The first kappa shape index (κ1) is 17.7. The summed E-state index contributed by atoms with van der Waals surface area (Å²) < 4.78 is 13.1. The van der Waals surface area contributed by atoms with Crippen LogP contribution >= 0.6 is 23.4 Å². The minimum atomic E-state index is -0.554. The summed E-state index contributed by atoms with van der Waals surface area (Å²) >= 11 is 6.91. The summed E-state index contributed by atoms with van der Waals surface area (Å²) in [6.07, 6.45) is 0.876. The maximum Gasteiger partial charge on any atom is 0.240 e. The molecule has 0 saturated carbocycles. The quantitative estimate of drug-likeness (QED) is 0.850. The van der Waals surface area contributed by atoms with Gasteiger partial charge in [0.25, 0.3) is 0 Å². The first-order chi connectivity index (χ1) is 10.9. The molecular weight excluding hydrogens is 341 g/mol. The van der Waals surface area contributed by atoms with Crippen molar-refractivity contribution in [2.24, 2.45) is 4.99 Å². The number of hydrogen-bond donors (Lipinski definition) is 2. The van der Waals surface area contributed by atoms with Crippen LogP contribution in [0.2, 0.25) is 5.02 Å². The van der Waals surface area contributed by atoms with E-state index in [-0.39, 0.29) is 29.3 Å². The van der Waals surface area contributed by atoms with Gasteiger partial charge in [-0.15, -0.1) is 0 Å². The van der Waals surface area contributed by atoms with Crippen LogP contribution in [0.5, 0.6) is 0 Å². The van der Waals surface area contributed by atoms with Gasteiger partial charge in [-0.2, -0.15) is 0 Å². The molecule has 1 saturated heterocycles. The Morgan fingerprint density at radius 2 is 2.30 bits per heavy atom. The van der Waals surface area contributed by atoms with Gasteiger partial charge in [-0.25, -0.2) is 4.39 Å². The lowest BCUT2D eigenvalue weighted by molar-refractivity contribution is -0.122. The Morgan fingerprint density at radius 1 is 1.57 bits per heavy atom. The predicted molar refractivity (Wildman–Crippen MR) is 91.4 cm³/mol. The largest absolute Gasteiger partial charge is 0.326 e. The molecule has 1 aliphatic rings. The Bertz CT molecular complexity index is 654. The zero-order chi connectivity index (χ0) is 17.0. The molecule has 0 radical (unpaired) electrons.